The lowest BCUT2D eigenvalue weighted by atomic mass is 10.3. The van der Waals surface area contributed by atoms with Crippen LogP contribution in [0.15, 0.2) is 17.0 Å². The molecule has 0 aliphatic carbocycles. The minimum absolute atomic E-state index is 0.0843. The van der Waals surface area contributed by atoms with Gasteiger partial charge in [0.05, 0.1) is 13.5 Å². The van der Waals surface area contributed by atoms with Crippen molar-refractivity contribution in [2.24, 2.45) is 7.05 Å². The average molecular weight is 286 g/mol. The molecule has 2 heterocycles. The Bertz CT molecular complexity index is 609. The summed E-state index contributed by atoms with van der Waals surface area (Å²) in [7, 11) is 1.43. The van der Waals surface area contributed by atoms with Crippen LogP contribution in [0.3, 0.4) is 0 Å². The highest BCUT2D eigenvalue weighted by molar-refractivity contribution is 7.79. The van der Waals surface area contributed by atoms with E-state index < -0.39 is 21.3 Å². The summed E-state index contributed by atoms with van der Waals surface area (Å²) in [5.41, 5.74) is 0. The van der Waals surface area contributed by atoms with Gasteiger partial charge in [0, 0.05) is 0 Å². The predicted molar refractivity (Wildman–Crippen MR) is 59.5 cm³/mol. The van der Waals surface area contributed by atoms with E-state index in [1.54, 1.807) is 0 Å². The molecule has 2 aromatic heterocycles. The van der Waals surface area contributed by atoms with Crippen LogP contribution in [0.1, 0.15) is 17.0 Å². The molecule has 0 aliphatic rings. The van der Waals surface area contributed by atoms with E-state index >= 15 is 0 Å². The Balaban J connectivity index is 2.28. The summed E-state index contributed by atoms with van der Waals surface area (Å²) in [5.74, 6) is -0.0750. The average Bonchev–Trinajstić information content (AvgIpc) is 2.95. The highest BCUT2D eigenvalue weighted by Gasteiger charge is 2.25. The summed E-state index contributed by atoms with van der Waals surface area (Å²) in [6.07, 6.45) is 1.98. The van der Waals surface area contributed by atoms with Gasteiger partial charge in [-0.2, -0.15) is 0 Å². The van der Waals surface area contributed by atoms with Crippen LogP contribution in [-0.2, 0) is 24.5 Å². The van der Waals surface area contributed by atoms with Gasteiger partial charge in [0.2, 0.25) is 12.3 Å². The molecule has 2 atom stereocenters. The maximum Gasteiger partial charge on any atom is 0.342 e. The minimum atomic E-state index is -2.51. The Labute approximate surface area is 108 Å². The lowest BCUT2D eigenvalue weighted by Gasteiger charge is -2.14. The van der Waals surface area contributed by atoms with E-state index in [0.717, 1.165) is 12.6 Å². The van der Waals surface area contributed by atoms with Crippen LogP contribution < -0.4 is 0 Å². The zero-order valence-corrected chi connectivity index (χ0v) is 10.4. The van der Waals surface area contributed by atoms with Crippen molar-refractivity contribution < 1.29 is 18.1 Å². The SMILES string of the molecule is Cn1c([N+](=O)[O-])cnc1CC(c1nnco1)S(=O)[O-]. The minimum Gasteiger partial charge on any atom is -0.772 e. The van der Waals surface area contributed by atoms with E-state index in [1.165, 1.54) is 11.6 Å². The number of rotatable bonds is 5. The Kier molecular flexibility index (Phi) is 3.66. The molecule has 2 aromatic rings. The van der Waals surface area contributed by atoms with Gasteiger partial charge in [0.1, 0.15) is 11.4 Å². The molecule has 2 rings (SSSR count). The third kappa shape index (κ3) is 2.66. The van der Waals surface area contributed by atoms with Gasteiger partial charge in [-0.3, -0.25) is 4.21 Å². The van der Waals surface area contributed by atoms with E-state index in [9.17, 15) is 18.9 Å². The first kappa shape index (κ1) is 13.3. The molecule has 0 spiro atoms. The molecule has 0 aromatic carbocycles. The Morgan fingerprint density at radius 1 is 1.63 bits per heavy atom. The fourth-order valence-corrected chi connectivity index (χ4v) is 2.07. The van der Waals surface area contributed by atoms with Gasteiger partial charge >= 0.3 is 5.82 Å². The summed E-state index contributed by atoms with van der Waals surface area (Å²) in [6.45, 7) is 0. The second-order valence-corrected chi connectivity index (χ2v) is 4.67. The van der Waals surface area contributed by atoms with Crippen molar-refractivity contribution in [2.45, 2.75) is 11.7 Å². The van der Waals surface area contributed by atoms with Crippen LogP contribution >= 0.6 is 0 Å². The zero-order chi connectivity index (χ0) is 14.0. The molecular formula is C8H8N5O5S-. The summed E-state index contributed by atoms with van der Waals surface area (Å²) < 4.78 is 28.4. The molecule has 10 nitrogen and oxygen atoms in total. The summed E-state index contributed by atoms with van der Waals surface area (Å²) in [5, 5.41) is 16.5. The van der Waals surface area contributed by atoms with Gasteiger partial charge in [-0.25, -0.2) is 9.55 Å². The fraction of sp³-hybridized carbons (Fsp3) is 0.375. The number of aromatic nitrogens is 4. The molecule has 0 saturated heterocycles. The van der Waals surface area contributed by atoms with Crippen LogP contribution in [0.5, 0.6) is 0 Å². The standard InChI is InChI=1S/C8H9N5O5S/c1-12-6(9-3-7(12)13(14)15)2-5(19(16)17)8-11-10-4-18-8/h3-5H,2H2,1H3,(H,16,17)/p-1. The topological polar surface area (TPSA) is 140 Å². The van der Waals surface area contributed by atoms with E-state index in [0.29, 0.717) is 0 Å². The van der Waals surface area contributed by atoms with Gasteiger partial charge in [-0.1, -0.05) is 0 Å². The van der Waals surface area contributed by atoms with Gasteiger partial charge in [-0.05, 0) is 16.0 Å². The van der Waals surface area contributed by atoms with E-state index in [-0.39, 0.29) is 24.0 Å². The Morgan fingerprint density at radius 2 is 2.37 bits per heavy atom. The van der Waals surface area contributed by atoms with Crippen molar-refractivity contribution in [1.29, 1.82) is 0 Å². The first-order valence-corrected chi connectivity index (χ1v) is 6.13. The molecule has 2 unspecified atom stereocenters. The summed E-state index contributed by atoms with van der Waals surface area (Å²) >= 11 is -2.51. The van der Waals surface area contributed by atoms with Crippen LogP contribution in [0.4, 0.5) is 5.82 Å². The summed E-state index contributed by atoms with van der Waals surface area (Å²) in [4.78, 5) is 13.9. The monoisotopic (exact) mass is 286 g/mol. The highest BCUT2D eigenvalue weighted by Crippen LogP contribution is 2.22. The molecule has 102 valence electrons. The third-order valence-electron chi connectivity index (χ3n) is 2.50. The number of hydrogen-bond acceptors (Lipinski definition) is 8. The lowest BCUT2D eigenvalue weighted by molar-refractivity contribution is -0.391. The fourth-order valence-electron chi connectivity index (χ4n) is 1.52. The van der Waals surface area contributed by atoms with Crippen molar-refractivity contribution in [3.05, 3.63) is 34.4 Å². The largest absolute Gasteiger partial charge is 0.772 e. The quantitative estimate of drug-likeness (QED) is 0.420. The van der Waals surface area contributed by atoms with Crippen molar-refractivity contribution >= 4 is 16.9 Å². The smallest absolute Gasteiger partial charge is 0.342 e. The van der Waals surface area contributed by atoms with Crippen LogP contribution in [0, 0.1) is 10.1 Å². The van der Waals surface area contributed by atoms with E-state index in [4.69, 9.17) is 4.42 Å². The van der Waals surface area contributed by atoms with Gasteiger partial charge in [0.15, 0.2) is 5.82 Å². The number of imidazole rings is 1. The van der Waals surface area contributed by atoms with E-state index in [1.807, 2.05) is 0 Å². The maximum atomic E-state index is 11.2. The third-order valence-corrected chi connectivity index (χ3v) is 3.33. The second-order valence-electron chi connectivity index (χ2n) is 3.58. The van der Waals surface area contributed by atoms with Crippen molar-refractivity contribution in [3.63, 3.8) is 0 Å². The Morgan fingerprint density at radius 3 is 2.84 bits per heavy atom. The normalized spacial score (nSPS) is 14.2. The van der Waals surface area contributed by atoms with Crippen LogP contribution in [-0.4, -0.2) is 33.4 Å². The van der Waals surface area contributed by atoms with Crippen molar-refractivity contribution in [1.82, 2.24) is 19.7 Å². The highest BCUT2D eigenvalue weighted by atomic mass is 32.2. The van der Waals surface area contributed by atoms with Crippen molar-refractivity contribution in [3.8, 4) is 0 Å². The molecule has 0 radical (unpaired) electrons. The first-order valence-electron chi connectivity index (χ1n) is 4.99. The maximum absolute atomic E-state index is 11.2. The number of nitro groups is 1. The predicted octanol–water partition coefficient (Wildman–Crippen LogP) is -0.126. The molecule has 11 heteroatoms. The molecule has 19 heavy (non-hydrogen) atoms. The lowest BCUT2D eigenvalue weighted by Crippen LogP contribution is -2.13. The number of nitrogens with zero attached hydrogens (tertiary/aromatic N) is 5. The molecule has 0 fully saturated rings. The summed E-state index contributed by atoms with van der Waals surface area (Å²) in [6, 6.07) is 0. The molecule has 0 N–H and O–H groups in total. The molecular weight excluding hydrogens is 278 g/mol. The van der Waals surface area contributed by atoms with Gasteiger partial charge < -0.3 is 19.1 Å². The molecule has 0 bridgehead atoms. The second kappa shape index (κ2) is 5.24. The zero-order valence-electron chi connectivity index (χ0n) is 9.62. The molecule has 0 saturated carbocycles. The number of hydrogen-bond donors (Lipinski definition) is 0. The molecule has 0 amide bonds. The first-order chi connectivity index (χ1) is 9.00. The van der Waals surface area contributed by atoms with Crippen LogP contribution in [0.2, 0.25) is 0 Å². The van der Waals surface area contributed by atoms with Gasteiger partial charge in [0.25, 0.3) is 0 Å². The van der Waals surface area contributed by atoms with Gasteiger partial charge in [-0.15, -0.1) is 10.2 Å². The Hall–Kier alpha value is -2.14. The van der Waals surface area contributed by atoms with Crippen LogP contribution in [0.25, 0.3) is 0 Å². The molecule has 0 aliphatic heterocycles. The van der Waals surface area contributed by atoms with Crippen molar-refractivity contribution in [2.75, 3.05) is 0 Å². The van der Waals surface area contributed by atoms with E-state index in [2.05, 4.69) is 15.2 Å².